The van der Waals surface area contributed by atoms with E-state index in [9.17, 15) is 9.18 Å². The fourth-order valence-corrected chi connectivity index (χ4v) is 4.30. The second-order valence-corrected chi connectivity index (χ2v) is 8.62. The highest BCUT2D eigenvalue weighted by Crippen LogP contribution is 2.26. The van der Waals surface area contributed by atoms with Crippen molar-refractivity contribution in [2.45, 2.75) is 0 Å². The molecule has 0 saturated carbocycles. The van der Waals surface area contributed by atoms with Crippen LogP contribution in [0.3, 0.4) is 0 Å². The molecule has 4 aromatic rings. The molecule has 0 bridgehead atoms. The molecule has 1 aliphatic rings. The Bertz CT molecular complexity index is 1430. The lowest BCUT2D eigenvalue weighted by Crippen LogP contribution is -2.47. The lowest BCUT2D eigenvalue weighted by molar-refractivity contribution is -0.111. The molecule has 2 aromatic heterocycles. The highest BCUT2D eigenvalue weighted by molar-refractivity contribution is 5.99. The number of hydrogen-bond donors (Lipinski definition) is 3. The summed E-state index contributed by atoms with van der Waals surface area (Å²) in [7, 11) is 0. The smallest absolute Gasteiger partial charge is 0.247 e. The van der Waals surface area contributed by atoms with E-state index in [2.05, 4.69) is 37.2 Å². The molecule has 190 valence electrons. The maximum absolute atomic E-state index is 15.0. The molecule has 1 saturated heterocycles. The van der Waals surface area contributed by atoms with Crippen LogP contribution in [0.25, 0.3) is 16.7 Å². The molecule has 3 heterocycles. The van der Waals surface area contributed by atoms with E-state index >= 15 is 0 Å². The van der Waals surface area contributed by atoms with Crippen molar-refractivity contribution in [3.8, 4) is 5.69 Å². The second-order valence-electron chi connectivity index (χ2n) is 8.62. The van der Waals surface area contributed by atoms with Gasteiger partial charge in [0.05, 0.1) is 29.6 Å². The van der Waals surface area contributed by atoms with Crippen molar-refractivity contribution in [3.63, 3.8) is 0 Å². The van der Waals surface area contributed by atoms with Crippen molar-refractivity contribution in [3.05, 3.63) is 73.3 Å². The van der Waals surface area contributed by atoms with E-state index in [1.54, 1.807) is 47.4 Å². The number of β-amino-alcohol motifs (C(OH)–C–C–N with tert-alkyl or cyclic N) is 1. The number of benzene rings is 2. The fraction of sp³-hybridized carbons (Fsp3) is 0.231. The minimum atomic E-state index is -0.329. The van der Waals surface area contributed by atoms with E-state index in [1.165, 1.54) is 12.1 Å². The summed E-state index contributed by atoms with van der Waals surface area (Å²) in [5, 5.41) is 20.1. The quantitative estimate of drug-likeness (QED) is 0.316. The van der Waals surface area contributed by atoms with Crippen LogP contribution in [-0.2, 0) is 4.79 Å². The number of aliphatic hydroxyl groups excluding tert-OH is 1. The summed E-state index contributed by atoms with van der Waals surface area (Å²) in [4.78, 5) is 24.8. The first-order valence-corrected chi connectivity index (χ1v) is 11.9. The third-order valence-electron chi connectivity index (χ3n) is 6.19. The Balaban J connectivity index is 1.34. The number of aromatic nitrogens is 4. The Labute approximate surface area is 213 Å². The van der Waals surface area contributed by atoms with Gasteiger partial charge in [0.15, 0.2) is 5.65 Å². The van der Waals surface area contributed by atoms with Gasteiger partial charge in [-0.3, -0.25) is 9.69 Å². The van der Waals surface area contributed by atoms with Crippen molar-refractivity contribution in [1.29, 1.82) is 0 Å². The van der Waals surface area contributed by atoms with Gasteiger partial charge in [-0.2, -0.15) is 10.1 Å². The van der Waals surface area contributed by atoms with Gasteiger partial charge < -0.3 is 20.6 Å². The van der Waals surface area contributed by atoms with E-state index in [0.29, 0.717) is 54.0 Å². The number of carbonyl (C=O) groups is 1. The van der Waals surface area contributed by atoms with Crippen LogP contribution in [-0.4, -0.2) is 75.0 Å². The molecule has 10 nitrogen and oxygen atoms in total. The number of amides is 1. The van der Waals surface area contributed by atoms with Crippen molar-refractivity contribution in [2.24, 2.45) is 0 Å². The molecule has 1 fully saturated rings. The number of nitrogens with zero attached hydrogens (tertiary/aromatic N) is 6. The SMILES string of the molecule is C=CC(=O)Nc1cccc(-n2ncc3cnc(Nc4ccc(N5CCN(CCO)CC5)c(F)c4)nc32)c1. The highest BCUT2D eigenvalue weighted by Gasteiger charge is 2.19. The van der Waals surface area contributed by atoms with Gasteiger partial charge in [0.25, 0.3) is 0 Å². The van der Waals surface area contributed by atoms with E-state index in [4.69, 9.17) is 5.11 Å². The number of anilines is 4. The molecule has 0 spiro atoms. The van der Waals surface area contributed by atoms with Crippen LogP contribution >= 0.6 is 0 Å². The van der Waals surface area contributed by atoms with Gasteiger partial charge >= 0.3 is 0 Å². The normalized spacial score (nSPS) is 14.1. The first kappa shape index (κ1) is 24.3. The minimum absolute atomic E-state index is 0.129. The summed E-state index contributed by atoms with van der Waals surface area (Å²) in [6.07, 6.45) is 4.51. The number of aliphatic hydroxyl groups is 1. The molecular formula is C26H27FN8O2. The van der Waals surface area contributed by atoms with Crippen molar-refractivity contribution in [2.75, 3.05) is 54.9 Å². The van der Waals surface area contributed by atoms with Crippen molar-refractivity contribution < 1.29 is 14.3 Å². The Morgan fingerprint density at radius 2 is 1.95 bits per heavy atom. The van der Waals surface area contributed by atoms with Crippen molar-refractivity contribution in [1.82, 2.24) is 24.6 Å². The molecule has 1 amide bonds. The monoisotopic (exact) mass is 502 g/mol. The predicted molar refractivity (Wildman–Crippen MR) is 141 cm³/mol. The molecule has 2 aromatic carbocycles. The summed E-state index contributed by atoms with van der Waals surface area (Å²) in [6.45, 7) is 7.20. The third kappa shape index (κ3) is 5.42. The standard InChI is InChI=1S/C26H27FN8O2/c1-2-24(37)30-19-4-3-5-21(14-19)35-25-18(17-29-35)16-28-26(32-25)31-20-6-7-23(22(27)15-20)34-10-8-33(9-11-34)12-13-36/h2-7,14-17,36H,1,8-13H2,(H,30,37)(H,28,31,32). The molecule has 0 atom stereocenters. The summed E-state index contributed by atoms with van der Waals surface area (Å²) < 4.78 is 16.6. The number of hydrogen-bond acceptors (Lipinski definition) is 8. The molecule has 0 radical (unpaired) electrons. The molecule has 0 aliphatic carbocycles. The molecule has 1 aliphatic heterocycles. The van der Waals surface area contributed by atoms with Crippen LogP contribution < -0.4 is 15.5 Å². The summed E-state index contributed by atoms with van der Waals surface area (Å²) >= 11 is 0. The van der Waals surface area contributed by atoms with Gasteiger partial charge in [0.1, 0.15) is 5.82 Å². The van der Waals surface area contributed by atoms with E-state index in [1.807, 2.05) is 11.0 Å². The lowest BCUT2D eigenvalue weighted by atomic mass is 10.2. The van der Waals surface area contributed by atoms with E-state index in [0.717, 1.165) is 18.5 Å². The van der Waals surface area contributed by atoms with Crippen LogP contribution in [0.1, 0.15) is 0 Å². The Morgan fingerprint density at radius 1 is 1.11 bits per heavy atom. The van der Waals surface area contributed by atoms with Gasteiger partial charge in [-0.1, -0.05) is 12.6 Å². The average Bonchev–Trinajstić information content (AvgIpc) is 3.33. The number of fused-ring (bicyclic) bond motifs is 1. The Hall–Kier alpha value is -4.35. The first-order valence-electron chi connectivity index (χ1n) is 11.9. The van der Waals surface area contributed by atoms with E-state index in [-0.39, 0.29) is 18.3 Å². The topological polar surface area (TPSA) is 111 Å². The zero-order chi connectivity index (χ0) is 25.8. The molecule has 11 heteroatoms. The van der Waals surface area contributed by atoms with Crippen LogP contribution in [0.4, 0.5) is 27.4 Å². The molecule has 3 N–H and O–H groups in total. The average molecular weight is 503 g/mol. The highest BCUT2D eigenvalue weighted by atomic mass is 19.1. The van der Waals surface area contributed by atoms with Crippen LogP contribution in [0.2, 0.25) is 0 Å². The summed E-state index contributed by atoms with van der Waals surface area (Å²) in [6, 6.07) is 12.2. The van der Waals surface area contributed by atoms with Gasteiger partial charge in [-0.05, 0) is 42.5 Å². The zero-order valence-electron chi connectivity index (χ0n) is 20.1. The van der Waals surface area contributed by atoms with Crippen LogP contribution in [0.15, 0.2) is 67.5 Å². The number of piperazine rings is 1. The van der Waals surface area contributed by atoms with Crippen LogP contribution in [0, 0.1) is 5.82 Å². The minimum Gasteiger partial charge on any atom is -0.395 e. The Morgan fingerprint density at radius 3 is 2.70 bits per heavy atom. The van der Waals surface area contributed by atoms with Gasteiger partial charge in [-0.15, -0.1) is 0 Å². The number of carbonyl (C=O) groups excluding carboxylic acids is 1. The molecule has 37 heavy (non-hydrogen) atoms. The van der Waals surface area contributed by atoms with Crippen LogP contribution in [0.5, 0.6) is 0 Å². The summed E-state index contributed by atoms with van der Waals surface area (Å²) in [5.74, 6) is -0.335. The second kappa shape index (κ2) is 10.7. The largest absolute Gasteiger partial charge is 0.395 e. The lowest BCUT2D eigenvalue weighted by Gasteiger charge is -2.36. The third-order valence-corrected chi connectivity index (χ3v) is 6.19. The maximum atomic E-state index is 15.0. The zero-order valence-corrected chi connectivity index (χ0v) is 20.1. The Kier molecular flexibility index (Phi) is 7.06. The molecule has 5 rings (SSSR count). The maximum Gasteiger partial charge on any atom is 0.247 e. The van der Waals surface area contributed by atoms with Gasteiger partial charge in [0, 0.05) is 50.3 Å². The van der Waals surface area contributed by atoms with E-state index < -0.39 is 0 Å². The first-order chi connectivity index (χ1) is 18.0. The van der Waals surface area contributed by atoms with Gasteiger partial charge in [-0.25, -0.2) is 14.1 Å². The number of nitrogens with one attached hydrogen (secondary N) is 2. The molecule has 0 unspecified atom stereocenters. The number of halogens is 1. The number of rotatable bonds is 8. The fourth-order valence-electron chi connectivity index (χ4n) is 4.30. The van der Waals surface area contributed by atoms with Gasteiger partial charge in [0.2, 0.25) is 11.9 Å². The molecular weight excluding hydrogens is 475 g/mol. The predicted octanol–water partition coefficient (Wildman–Crippen LogP) is 2.94. The summed E-state index contributed by atoms with van der Waals surface area (Å²) in [5.41, 5.74) is 2.94. The van der Waals surface area contributed by atoms with Crippen molar-refractivity contribution >= 4 is 40.0 Å².